The number of hydrogen-bond donors (Lipinski definition) is 2. The molecule has 0 amide bonds. The molecule has 0 spiro atoms. The lowest BCUT2D eigenvalue weighted by molar-refractivity contribution is -0.147. The Hall–Kier alpha value is -0.650. The molecule has 0 aliphatic rings. The average Bonchev–Trinajstić information content (AvgIpc) is 1.91. The highest BCUT2D eigenvalue weighted by Gasteiger charge is 2.02. The van der Waals surface area contributed by atoms with Crippen LogP contribution < -0.4 is 11.7 Å². The highest BCUT2D eigenvalue weighted by Crippen LogP contribution is 1.90. The molecule has 0 heterocycles. The Labute approximate surface area is 66.6 Å². The van der Waals surface area contributed by atoms with E-state index < -0.39 is 0 Å². The van der Waals surface area contributed by atoms with E-state index >= 15 is 0 Å². The molecule has 0 fully saturated rings. The Morgan fingerprint density at radius 1 is 1.55 bits per heavy atom. The van der Waals surface area contributed by atoms with Gasteiger partial charge in [0, 0.05) is 14.0 Å². The minimum Gasteiger partial charge on any atom is -0.460 e. The average molecular weight is 164 g/mol. The zero-order valence-corrected chi connectivity index (χ0v) is 7.16. The van der Waals surface area contributed by atoms with Crippen molar-refractivity contribution < 1.29 is 14.3 Å². The lowest BCUT2D eigenvalue weighted by atomic mass is 10.4. The first-order valence-corrected chi connectivity index (χ1v) is 3.16. The summed E-state index contributed by atoms with van der Waals surface area (Å²) in [4.78, 5) is 10.3. The standard InChI is InChI=1S/C6H12O3.H4N2/c1-5(4-8-3)9-6(2)7;1-2/h5H,4H2,1-3H3;1-2H2. The molecule has 1 unspecified atom stereocenters. The molecule has 68 valence electrons. The molecular weight excluding hydrogens is 148 g/mol. The molecular formula is C6H16N2O3. The van der Waals surface area contributed by atoms with Crippen molar-refractivity contribution in [3.05, 3.63) is 0 Å². The third-order valence-electron chi connectivity index (χ3n) is 0.769. The Kier molecular flexibility index (Phi) is 11.0. The van der Waals surface area contributed by atoms with Crippen molar-refractivity contribution in [1.82, 2.24) is 0 Å². The third-order valence-corrected chi connectivity index (χ3v) is 0.769. The molecule has 11 heavy (non-hydrogen) atoms. The van der Waals surface area contributed by atoms with Crippen LogP contribution in [-0.2, 0) is 14.3 Å². The SMILES string of the molecule is COCC(C)OC(C)=O.NN. The summed E-state index contributed by atoms with van der Waals surface area (Å²) in [7, 11) is 1.57. The third kappa shape index (κ3) is 12.5. The molecule has 0 aliphatic heterocycles. The zero-order chi connectivity index (χ0) is 9.28. The minimum atomic E-state index is -0.264. The summed E-state index contributed by atoms with van der Waals surface area (Å²) in [5, 5.41) is 0. The van der Waals surface area contributed by atoms with Gasteiger partial charge in [0.05, 0.1) is 6.61 Å². The van der Waals surface area contributed by atoms with Gasteiger partial charge < -0.3 is 9.47 Å². The molecule has 0 saturated carbocycles. The van der Waals surface area contributed by atoms with Crippen molar-refractivity contribution in [2.24, 2.45) is 11.7 Å². The van der Waals surface area contributed by atoms with Crippen LogP contribution in [0.3, 0.4) is 0 Å². The van der Waals surface area contributed by atoms with Crippen LogP contribution in [0, 0.1) is 0 Å². The second-order valence-electron chi connectivity index (χ2n) is 1.88. The molecule has 5 heteroatoms. The molecule has 0 saturated heterocycles. The fraction of sp³-hybridized carbons (Fsp3) is 0.833. The monoisotopic (exact) mass is 164 g/mol. The number of hydrazine groups is 1. The lowest BCUT2D eigenvalue weighted by Gasteiger charge is -2.08. The van der Waals surface area contributed by atoms with Crippen LogP contribution in [0.25, 0.3) is 0 Å². The van der Waals surface area contributed by atoms with Gasteiger partial charge in [-0.05, 0) is 6.92 Å². The Balaban J connectivity index is 0. The van der Waals surface area contributed by atoms with E-state index in [4.69, 9.17) is 9.47 Å². The number of ether oxygens (including phenoxy) is 2. The molecule has 0 rings (SSSR count). The number of hydrogen-bond acceptors (Lipinski definition) is 5. The maximum absolute atomic E-state index is 10.3. The fourth-order valence-electron chi connectivity index (χ4n) is 0.552. The van der Waals surface area contributed by atoms with E-state index in [1.165, 1.54) is 6.92 Å². The van der Waals surface area contributed by atoms with Crippen LogP contribution >= 0.6 is 0 Å². The van der Waals surface area contributed by atoms with Crippen molar-refractivity contribution in [2.75, 3.05) is 13.7 Å². The number of nitrogens with two attached hydrogens (primary N) is 2. The Morgan fingerprint density at radius 2 is 2.00 bits per heavy atom. The summed E-state index contributed by atoms with van der Waals surface area (Å²) < 4.78 is 9.45. The Bertz CT molecular complexity index is 97.8. The highest BCUT2D eigenvalue weighted by atomic mass is 16.6. The second-order valence-corrected chi connectivity index (χ2v) is 1.88. The molecule has 0 aromatic rings. The van der Waals surface area contributed by atoms with Crippen molar-refractivity contribution in [1.29, 1.82) is 0 Å². The van der Waals surface area contributed by atoms with Gasteiger partial charge in [-0.1, -0.05) is 0 Å². The summed E-state index contributed by atoms with van der Waals surface area (Å²) in [5.41, 5.74) is 0. The van der Waals surface area contributed by atoms with Gasteiger partial charge in [-0.3, -0.25) is 16.5 Å². The molecule has 1 atom stereocenters. The number of rotatable bonds is 3. The van der Waals surface area contributed by atoms with Gasteiger partial charge in [-0.2, -0.15) is 0 Å². The Morgan fingerprint density at radius 3 is 2.27 bits per heavy atom. The first-order chi connectivity index (χ1) is 5.16. The van der Waals surface area contributed by atoms with Gasteiger partial charge >= 0.3 is 5.97 Å². The number of carbonyl (C=O) groups excluding carboxylic acids is 1. The van der Waals surface area contributed by atoms with E-state index in [1.54, 1.807) is 14.0 Å². The van der Waals surface area contributed by atoms with Gasteiger partial charge in [0.1, 0.15) is 6.10 Å². The van der Waals surface area contributed by atoms with Crippen LogP contribution in [0.15, 0.2) is 0 Å². The van der Waals surface area contributed by atoms with Crippen LogP contribution in [-0.4, -0.2) is 25.8 Å². The van der Waals surface area contributed by atoms with Crippen LogP contribution in [0.5, 0.6) is 0 Å². The molecule has 0 aliphatic carbocycles. The molecule has 0 aromatic heterocycles. The summed E-state index contributed by atoms with van der Waals surface area (Å²) in [6, 6.07) is 0. The zero-order valence-electron chi connectivity index (χ0n) is 7.16. The van der Waals surface area contributed by atoms with Gasteiger partial charge in [-0.25, -0.2) is 0 Å². The van der Waals surface area contributed by atoms with Crippen LogP contribution in [0.1, 0.15) is 13.8 Å². The van der Waals surface area contributed by atoms with E-state index in [2.05, 4.69) is 11.7 Å². The van der Waals surface area contributed by atoms with E-state index in [9.17, 15) is 4.79 Å². The van der Waals surface area contributed by atoms with Gasteiger partial charge in [0.15, 0.2) is 0 Å². The van der Waals surface area contributed by atoms with Gasteiger partial charge in [-0.15, -0.1) is 0 Å². The first-order valence-electron chi connectivity index (χ1n) is 3.16. The highest BCUT2D eigenvalue weighted by molar-refractivity contribution is 5.66. The van der Waals surface area contributed by atoms with Gasteiger partial charge in [0.2, 0.25) is 0 Å². The van der Waals surface area contributed by atoms with Crippen molar-refractivity contribution in [3.63, 3.8) is 0 Å². The fourth-order valence-corrected chi connectivity index (χ4v) is 0.552. The summed E-state index contributed by atoms with van der Waals surface area (Å²) >= 11 is 0. The second kappa shape index (κ2) is 9.35. The smallest absolute Gasteiger partial charge is 0.302 e. The van der Waals surface area contributed by atoms with Crippen molar-refractivity contribution in [2.45, 2.75) is 20.0 Å². The molecule has 0 aromatic carbocycles. The number of carbonyl (C=O) groups is 1. The minimum absolute atomic E-state index is 0.132. The normalized spacial score (nSPS) is 11.0. The number of methoxy groups -OCH3 is 1. The van der Waals surface area contributed by atoms with Crippen molar-refractivity contribution >= 4 is 5.97 Å². The molecule has 5 nitrogen and oxygen atoms in total. The predicted molar refractivity (Wildman–Crippen MR) is 41.5 cm³/mol. The maximum atomic E-state index is 10.3. The van der Waals surface area contributed by atoms with E-state index in [0.29, 0.717) is 6.61 Å². The largest absolute Gasteiger partial charge is 0.460 e. The van der Waals surface area contributed by atoms with E-state index in [-0.39, 0.29) is 12.1 Å². The topological polar surface area (TPSA) is 87.6 Å². The summed E-state index contributed by atoms with van der Waals surface area (Å²) in [5.74, 6) is 7.74. The van der Waals surface area contributed by atoms with E-state index in [0.717, 1.165) is 0 Å². The lowest BCUT2D eigenvalue weighted by Crippen LogP contribution is -2.17. The maximum Gasteiger partial charge on any atom is 0.302 e. The quantitative estimate of drug-likeness (QED) is 0.330. The first kappa shape index (κ1) is 13.0. The van der Waals surface area contributed by atoms with Crippen LogP contribution in [0.2, 0.25) is 0 Å². The van der Waals surface area contributed by atoms with E-state index in [1.807, 2.05) is 0 Å². The van der Waals surface area contributed by atoms with Crippen LogP contribution in [0.4, 0.5) is 0 Å². The number of esters is 1. The summed E-state index contributed by atoms with van der Waals surface area (Å²) in [6.07, 6.45) is -0.132. The predicted octanol–water partition coefficient (Wildman–Crippen LogP) is -0.597. The van der Waals surface area contributed by atoms with Crippen molar-refractivity contribution in [3.8, 4) is 0 Å². The molecule has 0 bridgehead atoms. The molecule has 4 N–H and O–H groups in total. The summed E-state index contributed by atoms with van der Waals surface area (Å²) in [6.45, 7) is 3.62. The van der Waals surface area contributed by atoms with Gasteiger partial charge in [0.25, 0.3) is 0 Å². The molecule has 0 radical (unpaired) electrons.